The van der Waals surface area contributed by atoms with E-state index in [0.717, 1.165) is 0 Å². The first-order chi connectivity index (χ1) is 8.95. The summed E-state index contributed by atoms with van der Waals surface area (Å²) in [7, 11) is 0. The molecule has 19 heavy (non-hydrogen) atoms. The van der Waals surface area contributed by atoms with Gasteiger partial charge in [-0.2, -0.15) is 0 Å². The molecule has 0 saturated carbocycles. The van der Waals surface area contributed by atoms with Crippen LogP contribution in [0.25, 0.3) is 0 Å². The number of carbonyl (C=O) groups is 1. The fourth-order valence-electron chi connectivity index (χ4n) is 1.60. The number of terminal acetylenes is 1. The van der Waals surface area contributed by atoms with E-state index in [1.807, 2.05) is 0 Å². The zero-order chi connectivity index (χ0) is 14.5. The third-order valence-electron chi connectivity index (χ3n) is 2.72. The first-order valence-electron chi connectivity index (χ1n) is 5.77. The Labute approximate surface area is 117 Å². The van der Waals surface area contributed by atoms with Gasteiger partial charge in [-0.15, -0.1) is 6.42 Å². The summed E-state index contributed by atoms with van der Waals surface area (Å²) in [6.07, 6.45) is 5.19. The van der Waals surface area contributed by atoms with Gasteiger partial charge in [-0.1, -0.05) is 23.6 Å². The second kappa shape index (κ2) is 6.55. The van der Waals surface area contributed by atoms with Crippen LogP contribution in [0.4, 0.5) is 4.39 Å². The molecule has 0 aliphatic heterocycles. The summed E-state index contributed by atoms with van der Waals surface area (Å²) in [4.78, 5) is 12.1. The maximum absolute atomic E-state index is 13.2. The van der Waals surface area contributed by atoms with E-state index in [-0.39, 0.29) is 18.2 Å². The van der Waals surface area contributed by atoms with E-state index >= 15 is 0 Å². The molecular weight excluding hydrogens is 269 g/mol. The molecule has 1 atom stereocenters. The van der Waals surface area contributed by atoms with Crippen LogP contribution in [0.15, 0.2) is 18.2 Å². The summed E-state index contributed by atoms with van der Waals surface area (Å²) in [5.74, 6) is 1.35. The molecule has 0 bridgehead atoms. The maximum Gasteiger partial charge on any atom is 0.330 e. The first-order valence-corrected chi connectivity index (χ1v) is 6.14. The van der Waals surface area contributed by atoms with Crippen molar-refractivity contribution < 1.29 is 13.9 Å². The Morgan fingerprint density at radius 2 is 2.32 bits per heavy atom. The van der Waals surface area contributed by atoms with Gasteiger partial charge in [-0.25, -0.2) is 9.18 Å². The Morgan fingerprint density at radius 1 is 1.63 bits per heavy atom. The van der Waals surface area contributed by atoms with Gasteiger partial charge in [0.2, 0.25) is 0 Å². The van der Waals surface area contributed by atoms with E-state index in [4.69, 9.17) is 22.8 Å². The molecule has 0 saturated heterocycles. The topological polar surface area (TPSA) is 38.3 Å². The monoisotopic (exact) mass is 283 g/mol. The Balaban J connectivity index is 3.18. The third kappa shape index (κ3) is 3.46. The van der Waals surface area contributed by atoms with Crippen molar-refractivity contribution in [3.05, 3.63) is 34.6 Å². The van der Waals surface area contributed by atoms with Gasteiger partial charge in [-0.05, 0) is 31.5 Å². The molecule has 0 spiro atoms. The van der Waals surface area contributed by atoms with Crippen LogP contribution in [0.2, 0.25) is 5.02 Å². The van der Waals surface area contributed by atoms with Gasteiger partial charge in [0.1, 0.15) is 11.4 Å². The summed E-state index contributed by atoms with van der Waals surface area (Å²) < 4.78 is 18.2. The molecule has 0 amide bonds. The molecule has 0 heterocycles. The Bertz CT molecular complexity index is 513. The van der Waals surface area contributed by atoms with Crippen LogP contribution in [-0.4, -0.2) is 19.1 Å². The van der Waals surface area contributed by atoms with E-state index in [2.05, 4.69) is 11.2 Å². The second-order valence-electron chi connectivity index (χ2n) is 4.03. The fraction of sp³-hybridized carbons (Fsp3) is 0.357. The highest BCUT2D eigenvalue weighted by atomic mass is 35.5. The number of esters is 1. The number of carbonyl (C=O) groups excluding carboxylic acids is 1. The smallest absolute Gasteiger partial charge is 0.330 e. The lowest BCUT2D eigenvalue weighted by atomic mass is 9.92. The van der Waals surface area contributed by atoms with Gasteiger partial charge in [0, 0.05) is 0 Å². The SMILES string of the molecule is C#CCNC(C)(C(=O)OCC)c1ccc(F)c(Cl)c1. The van der Waals surface area contributed by atoms with E-state index in [1.54, 1.807) is 13.8 Å². The van der Waals surface area contributed by atoms with Gasteiger partial charge in [0.15, 0.2) is 0 Å². The number of hydrogen-bond donors (Lipinski definition) is 1. The van der Waals surface area contributed by atoms with Crippen molar-refractivity contribution in [3.63, 3.8) is 0 Å². The molecule has 0 radical (unpaired) electrons. The van der Waals surface area contributed by atoms with E-state index in [0.29, 0.717) is 5.56 Å². The van der Waals surface area contributed by atoms with E-state index < -0.39 is 17.3 Å². The zero-order valence-corrected chi connectivity index (χ0v) is 11.6. The average Bonchev–Trinajstić information content (AvgIpc) is 2.39. The molecule has 1 aromatic rings. The molecule has 0 aromatic heterocycles. The van der Waals surface area contributed by atoms with Gasteiger partial charge in [0.05, 0.1) is 18.2 Å². The van der Waals surface area contributed by atoms with Crippen LogP contribution < -0.4 is 5.32 Å². The van der Waals surface area contributed by atoms with Crippen LogP contribution in [0, 0.1) is 18.2 Å². The number of hydrogen-bond acceptors (Lipinski definition) is 3. The van der Waals surface area contributed by atoms with Gasteiger partial charge >= 0.3 is 5.97 Å². The van der Waals surface area contributed by atoms with Gasteiger partial charge < -0.3 is 4.74 Å². The summed E-state index contributed by atoms with van der Waals surface area (Å²) >= 11 is 5.74. The second-order valence-corrected chi connectivity index (χ2v) is 4.44. The highest BCUT2D eigenvalue weighted by molar-refractivity contribution is 6.30. The Morgan fingerprint density at radius 3 is 2.84 bits per heavy atom. The van der Waals surface area contributed by atoms with Crippen molar-refractivity contribution in [2.24, 2.45) is 0 Å². The van der Waals surface area contributed by atoms with E-state index in [1.165, 1.54) is 18.2 Å². The van der Waals surface area contributed by atoms with Gasteiger partial charge in [-0.3, -0.25) is 5.32 Å². The lowest BCUT2D eigenvalue weighted by Crippen LogP contribution is -2.48. The minimum atomic E-state index is -1.17. The number of benzene rings is 1. The lowest BCUT2D eigenvalue weighted by molar-refractivity contribution is -0.150. The first kappa shape index (κ1) is 15.5. The minimum absolute atomic E-state index is 0.0597. The molecule has 0 aliphatic rings. The predicted molar refractivity (Wildman–Crippen MR) is 72.2 cm³/mol. The van der Waals surface area contributed by atoms with Gasteiger partial charge in [0.25, 0.3) is 0 Å². The lowest BCUT2D eigenvalue weighted by Gasteiger charge is -2.28. The maximum atomic E-state index is 13.2. The molecule has 102 valence electrons. The standard InChI is InChI=1S/C14H15ClFNO2/c1-4-8-17-14(3,13(18)19-5-2)10-6-7-12(16)11(15)9-10/h1,6-7,9,17H,5,8H2,2-3H3. The summed E-state index contributed by atoms with van der Waals surface area (Å²) in [5, 5.41) is 2.84. The molecule has 1 aromatic carbocycles. The summed E-state index contributed by atoms with van der Waals surface area (Å²) in [6, 6.07) is 4.06. The third-order valence-corrected chi connectivity index (χ3v) is 3.01. The van der Waals surface area contributed by atoms with Crippen molar-refractivity contribution >= 4 is 17.6 Å². The molecule has 1 rings (SSSR count). The quantitative estimate of drug-likeness (QED) is 0.666. The number of halogens is 2. The highest BCUT2D eigenvalue weighted by Gasteiger charge is 2.36. The minimum Gasteiger partial charge on any atom is -0.464 e. The van der Waals surface area contributed by atoms with Crippen LogP contribution in [-0.2, 0) is 15.1 Å². The van der Waals surface area contributed by atoms with Crippen LogP contribution in [0.3, 0.4) is 0 Å². The fourth-order valence-corrected chi connectivity index (χ4v) is 1.78. The van der Waals surface area contributed by atoms with Crippen molar-refractivity contribution in [1.29, 1.82) is 0 Å². The van der Waals surface area contributed by atoms with Crippen molar-refractivity contribution in [2.75, 3.05) is 13.2 Å². The molecule has 3 nitrogen and oxygen atoms in total. The summed E-state index contributed by atoms with van der Waals surface area (Å²) in [5.41, 5.74) is -0.674. The number of ether oxygens (including phenoxy) is 1. The van der Waals surface area contributed by atoms with Crippen molar-refractivity contribution in [2.45, 2.75) is 19.4 Å². The Kier molecular flexibility index (Phi) is 5.34. The molecule has 1 N–H and O–H groups in total. The zero-order valence-electron chi connectivity index (χ0n) is 10.8. The number of nitrogens with one attached hydrogen (secondary N) is 1. The molecular formula is C14H15ClFNO2. The van der Waals surface area contributed by atoms with Crippen molar-refractivity contribution in [1.82, 2.24) is 5.32 Å². The normalized spacial score (nSPS) is 13.4. The van der Waals surface area contributed by atoms with Crippen LogP contribution in [0.1, 0.15) is 19.4 Å². The largest absolute Gasteiger partial charge is 0.464 e. The predicted octanol–water partition coefficient (Wildman–Crippen LogP) is 2.48. The van der Waals surface area contributed by atoms with E-state index in [9.17, 15) is 9.18 Å². The average molecular weight is 284 g/mol. The summed E-state index contributed by atoms with van der Waals surface area (Å²) in [6.45, 7) is 3.73. The molecule has 1 unspecified atom stereocenters. The Hall–Kier alpha value is -1.57. The molecule has 0 aliphatic carbocycles. The van der Waals surface area contributed by atoms with Crippen LogP contribution >= 0.6 is 11.6 Å². The number of rotatable bonds is 5. The molecule has 5 heteroatoms. The molecule has 0 fully saturated rings. The highest BCUT2D eigenvalue weighted by Crippen LogP contribution is 2.26. The van der Waals surface area contributed by atoms with Crippen LogP contribution in [0.5, 0.6) is 0 Å². The van der Waals surface area contributed by atoms with Crippen molar-refractivity contribution in [3.8, 4) is 12.3 Å².